The van der Waals surface area contributed by atoms with Gasteiger partial charge in [0.1, 0.15) is 0 Å². The normalized spacial score (nSPS) is 9.30. The molecule has 1 heterocycles. The Kier molecular flexibility index (Phi) is 1.98. The molecule has 0 amide bonds. The minimum absolute atomic E-state index is 0.413. The van der Waals surface area contributed by atoms with Crippen molar-refractivity contribution < 1.29 is 0 Å². The summed E-state index contributed by atoms with van der Waals surface area (Å²) >= 11 is 5.60. The number of terminal acetylenes is 1. The molecule has 0 aromatic carbocycles. The first-order chi connectivity index (χ1) is 4.79. The van der Waals surface area contributed by atoms with Gasteiger partial charge in [-0.15, -0.1) is 18.0 Å². The van der Waals surface area contributed by atoms with E-state index in [0.717, 1.165) is 11.3 Å². The van der Waals surface area contributed by atoms with Crippen molar-refractivity contribution in [1.29, 1.82) is 0 Å². The zero-order chi connectivity index (χ0) is 7.56. The van der Waals surface area contributed by atoms with Gasteiger partial charge in [-0.25, -0.2) is 0 Å². The molecule has 0 spiro atoms. The number of alkyl halides is 1. The first kappa shape index (κ1) is 7.17. The Balaban J connectivity index is 3.16. The second-order valence-electron chi connectivity index (χ2n) is 1.91. The van der Waals surface area contributed by atoms with E-state index in [-0.39, 0.29) is 0 Å². The number of hydrogen-bond donors (Lipinski definition) is 0. The second-order valence-corrected chi connectivity index (χ2v) is 2.17. The fourth-order valence-corrected chi connectivity index (χ4v) is 1.06. The molecule has 1 rings (SSSR count). The molecular formula is C7H7ClN2. The quantitative estimate of drug-likeness (QED) is 0.438. The highest BCUT2D eigenvalue weighted by molar-refractivity contribution is 6.17. The molecule has 52 valence electrons. The van der Waals surface area contributed by atoms with Gasteiger partial charge < -0.3 is 0 Å². The Morgan fingerprint density at radius 3 is 3.00 bits per heavy atom. The van der Waals surface area contributed by atoms with Crippen molar-refractivity contribution in [3.05, 3.63) is 17.5 Å². The molecule has 2 nitrogen and oxygen atoms in total. The monoisotopic (exact) mass is 154 g/mol. The Labute approximate surface area is 64.8 Å². The van der Waals surface area contributed by atoms with Crippen LogP contribution in [0.2, 0.25) is 0 Å². The van der Waals surface area contributed by atoms with E-state index in [1.54, 1.807) is 10.9 Å². The maximum atomic E-state index is 5.60. The lowest BCUT2D eigenvalue weighted by Crippen LogP contribution is -1.95. The van der Waals surface area contributed by atoms with Gasteiger partial charge in [0.05, 0.1) is 23.3 Å². The molecule has 0 fully saturated rings. The summed E-state index contributed by atoms with van der Waals surface area (Å²) in [5.41, 5.74) is 1.67. The van der Waals surface area contributed by atoms with Crippen LogP contribution in [-0.4, -0.2) is 9.78 Å². The van der Waals surface area contributed by atoms with Crippen LogP contribution < -0.4 is 0 Å². The predicted molar refractivity (Wildman–Crippen MR) is 40.7 cm³/mol. The van der Waals surface area contributed by atoms with Crippen LogP contribution >= 0.6 is 11.6 Å². The van der Waals surface area contributed by atoms with Gasteiger partial charge in [-0.3, -0.25) is 4.68 Å². The van der Waals surface area contributed by atoms with E-state index in [0.29, 0.717) is 5.88 Å². The predicted octanol–water partition coefficient (Wildman–Crippen LogP) is 1.14. The summed E-state index contributed by atoms with van der Waals surface area (Å²) in [7, 11) is 1.82. The van der Waals surface area contributed by atoms with Crippen molar-refractivity contribution in [1.82, 2.24) is 9.78 Å². The Morgan fingerprint density at radius 2 is 2.60 bits per heavy atom. The summed E-state index contributed by atoms with van der Waals surface area (Å²) in [6, 6.07) is 0. The SMILES string of the molecule is C#Cc1cnn(C)c1CCl. The fraction of sp³-hybridized carbons (Fsp3) is 0.286. The van der Waals surface area contributed by atoms with Crippen molar-refractivity contribution in [3.8, 4) is 12.3 Å². The summed E-state index contributed by atoms with van der Waals surface area (Å²) < 4.78 is 1.68. The van der Waals surface area contributed by atoms with E-state index in [2.05, 4.69) is 11.0 Å². The van der Waals surface area contributed by atoms with Crippen molar-refractivity contribution in [3.63, 3.8) is 0 Å². The molecule has 0 saturated carbocycles. The Hall–Kier alpha value is -0.940. The van der Waals surface area contributed by atoms with Gasteiger partial charge in [0, 0.05) is 7.05 Å². The smallest absolute Gasteiger partial charge is 0.0684 e. The molecule has 0 atom stereocenters. The van der Waals surface area contributed by atoms with Gasteiger partial charge in [-0.2, -0.15) is 5.10 Å². The van der Waals surface area contributed by atoms with Gasteiger partial charge >= 0.3 is 0 Å². The Morgan fingerprint density at radius 1 is 1.90 bits per heavy atom. The number of rotatable bonds is 1. The molecule has 0 bridgehead atoms. The number of aryl methyl sites for hydroxylation is 1. The number of nitrogens with zero attached hydrogens (tertiary/aromatic N) is 2. The van der Waals surface area contributed by atoms with Crippen LogP contribution in [0, 0.1) is 12.3 Å². The molecule has 10 heavy (non-hydrogen) atoms. The summed E-state index contributed by atoms with van der Waals surface area (Å²) in [6.45, 7) is 0. The standard InChI is InChI=1S/C7H7ClN2/c1-3-6-5-9-10(2)7(6)4-8/h1,5H,4H2,2H3. The van der Waals surface area contributed by atoms with E-state index >= 15 is 0 Å². The van der Waals surface area contributed by atoms with Gasteiger partial charge in [-0.05, 0) is 0 Å². The largest absolute Gasteiger partial charge is 0.270 e. The zero-order valence-electron chi connectivity index (χ0n) is 5.63. The maximum Gasteiger partial charge on any atom is 0.0684 e. The van der Waals surface area contributed by atoms with Crippen molar-refractivity contribution in [2.24, 2.45) is 7.05 Å². The van der Waals surface area contributed by atoms with Gasteiger partial charge in [0.15, 0.2) is 0 Å². The third-order valence-electron chi connectivity index (χ3n) is 1.34. The first-order valence-electron chi connectivity index (χ1n) is 2.83. The average Bonchev–Trinajstić information content (AvgIpc) is 2.30. The molecule has 1 aromatic rings. The van der Waals surface area contributed by atoms with Crippen molar-refractivity contribution >= 4 is 11.6 Å². The number of hydrogen-bond acceptors (Lipinski definition) is 1. The van der Waals surface area contributed by atoms with Crippen molar-refractivity contribution in [2.45, 2.75) is 5.88 Å². The van der Waals surface area contributed by atoms with Gasteiger partial charge in [-0.1, -0.05) is 5.92 Å². The molecule has 0 aliphatic heterocycles. The lowest BCUT2D eigenvalue weighted by molar-refractivity contribution is 0.734. The van der Waals surface area contributed by atoms with E-state index in [1.165, 1.54) is 0 Å². The van der Waals surface area contributed by atoms with Crippen LogP contribution in [0.25, 0.3) is 0 Å². The third-order valence-corrected chi connectivity index (χ3v) is 1.60. The minimum atomic E-state index is 0.413. The van der Waals surface area contributed by atoms with Crippen molar-refractivity contribution in [2.75, 3.05) is 0 Å². The average molecular weight is 155 g/mol. The zero-order valence-corrected chi connectivity index (χ0v) is 6.39. The van der Waals surface area contributed by atoms with Crippen LogP contribution in [0.4, 0.5) is 0 Å². The topological polar surface area (TPSA) is 17.8 Å². The molecular weight excluding hydrogens is 148 g/mol. The second kappa shape index (κ2) is 2.76. The molecule has 1 aromatic heterocycles. The van der Waals surface area contributed by atoms with E-state index in [4.69, 9.17) is 18.0 Å². The number of halogens is 1. The Bertz CT molecular complexity index is 270. The van der Waals surface area contributed by atoms with Crippen LogP contribution in [0.1, 0.15) is 11.3 Å². The van der Waals surface area contributed by atoms with Gasteiger partial charge in [0.2, 0.25) is 0 Å². The third kappa shape index (κ3) is 1.01. The summed E-state index contributed by atoms with van der Waals surface area (Å²) in [5.74, 6) is 2.91. The highest BCUT2D eigenvalue weighted by Crippen LogP contribution is 2.07. The molecule has 0 unspecified atom stereocenters. The van der Waals surface area contributed by atoms with Crippen LogP contribution in [0.15, 0.2) is 6.20 Å². The molecule has 0 saturated heterocycles. The molecule has 0 N–H and O–H groups in total. The first-order valence-corrected chi connectivity index (χ1v) is 3.36. The molecule has 0 radical (unpaired) electrons. The lowest BCUT2D eigenvalue weighted by Gasteiger charge is -1.94. The molecule has 3 heteroatoms. The highest BCUT2D eigenvalue weighted by Gasteiger charge is 2.02. The summed E-state index contributed by atoms with van der Waals surface area (Å²) in [5, 5.41) is 3.95. The van der Waals surface area contributed by atoms with Crippen LogP contribution in [0.5, 0.6) is 0 Å². The summed E-state index contributed by atoms with van der Waals surface area (Å²) in [4.78, 5) is 0. The van der Waals surface area contributed by atoms with E-state index in [1.807, 2.05) is 7.05 Å². The van der Waals surface area contributed by atoms with E-state index in [9.17, 15) is 0 Å². The maximum absolute atomic E-state index is 5.60. The molecule has 0 aliphatic rings. The number of aromatic nitrogens is 2. The highest BCUT2D eigenvalue weighted by atomic mass is 35.5. The van der Waals surface area contributed by atoms with Gasteiger partial charge in [0.25, 0.3) is 0 Å². The lowest BCUT2D eigenvalue weighted by atomic mass is 10.3. The minimum Gasteiger partial charge on any atom is -0.270 e. The van der Waals surface area contributed by atoms with Crippen LogP contribution in [0.3, 0.4) is 0 Å². The van der Waals surface area contributed by atoms with E-state index < -0.39 is 0 Å². The fourth-order valence-electron chi connectivity index (χ4n) is 0.742. The van der Waals surface area contributed by atoms with Crippen LogP contribution in [-0.2, 0) is 12.9 Å². The molecule has 0 aliphatic carbocycles. The summed E-state index contributed by atoms with van der Waals surface area (Å²) in [6.07, 6.45) is 6.81.